The second-order valence-corrected chi connectivity index (χ2v) is 6.43. The van der Waals surface area contributed by atoms with Crippen LogP contribution in [0.3, 0.4) is 0 Å². The van der Waals surface area contributed by atoms with Crippen LogP contribution < -0.4 is 0 Å². The number of para-hydroxylation sites is 1. The summed E-state index contributed by atoms with van der Waals surface area (Å²) < 4.78 is 0. The van der Waals surface area contributed by atoms with Gasteiger partial charge in [0.15, 0.2) is 0 Å². The van der Waals surface area contributed by atoms with Crippen molar-refractivity contribution in [1.29, 1.82) is 0 Å². The van der Waals surface area contributed by atoms with Gasteiger partial charge in [0.05, 0.1) is 5.92 Å². The van der Waals surface area contributed by atoms with Crippen LogP contribution in [0.25, 0.3) is 10.9 Å². The summed E-state index contributed by atoms with van der Waals surface area (Å²) in [5.41, 5.74) is 2.35. The number of carboxylic acids is 1. The fourth-order valence-corrected chi connectivity index (χ4v) is 3.42. The Hall–Kier alpha value is -2.30. The second-order valence-electron chi connectivity index (χ2n) is 6.43. The number of carbonyl (C=O) groups is 2. The monoisotopic (exact) mass is 314 g/mol. The second kappa shape index (κ2) is 6.44. The Bertz CT molecular complexity index is 722. The average Bonchev–Trinajstić information content (AvgIpc) is 3.11. The summed E-state index contributed by atoms with van der Waals surface area (Å²) in [6, 6.07) is 8.15. The van der Waals surface area contributed by atoms with E-state index in [2.05, 4.69) is 11.1 Å². The first-order valence-electron chi connectivity index (χ1n) is 8.12. The lowest BCUT2D eigenvalue weighted by Crippen LogP contribution is -2.29. The van der Waals surface area contributed by atoms with Crippen molar-refractivity contribution >= 4 is 22.8 Å². The molecule has 3 rings (SSSR count). The first kappa shape index (κ1) is 15.6. The Morgan fingerprint density at radius 2 is 2.09 bits per heavy atom. The molecule has 0 unspecified atom stereocenters. The van der Waals surface area contributed by atoms with E-state index in [4.69, 9.17) is 5.11 Å². The van der Waals surface area contributed by atoms with Gasteiger partial charge in [-0.15, -0.1) is 0 Å². The van der Waals surface area contributed by atoms with Crippen molar-refractivity contribution in [3.8, 4) is 0 Å². The number of amides is 1. The van der Waals surface area contributed by atoms with E-state index in [1.807, 2.05) is 31.3 Å². The molecule has 2 aromatic rings. The molecule has 1 amide bonds. The van der Waals surface area contributed by atoms with Crippen molar-refractivity contribution in [2.45, 2.75) is 26.2 Å². The number of carbonyl (C=O) groups excluding carboxylic acids is 1. The van der Waals surface area contributed by atoms with Crippen molar-refractivity contribution in [3.63, 3.8) is 0 Å². The molecule has 0 aliphatic carbocycles. The molecular weight excluding hydrogens is 292 g/mol. The van der Waals surface area contributed by atoms with Crippen LogP contribution in [0.2, 0.25) is 0 Å². The van der Waals surface area contributed by atoms with Gasteiger partial charge in [0.2, 0.25) is 5.91 Å². The molecule has 1 aromatic carbocycles. The third-order valence-corrected chi connectivity index (χ3v) is 4.79. The number of fused-ring (bicyclic) bond motifs is 1. The molecule has 0 bridgehead atoms. The smallest absolute Gasteiger partial charge is 0.308 e. The number of carboxylic acid groups (broad SMARTS) is 1. The van der Waals surface area contributed by atoms with Gasteiger partial charge in [-0.05, 0) is 30.4 Å². The van der Waals surface area contributed by atoms with Gasteiger partial charge in [0, 0.05) is 36.6 Å². The Kier molecular flexibility index (Phi) is 4.37. The topological polar surface area (TPSA) is 73.4 Å². The molecule has 5 nitrogen and oxygen atoms in total. The highest BCUT2D eigenvalue weighted by atomic mass is 16.4. The maximum atomic E-state index is 12.3. The van der Waals surface area contributed by atoms with Crippen LogP contribution in [-0.2, 0) is 16.0 Å². The van der Waals surface area contributed by atoms with Crippen LogP contribution in [0.1, 0.15) is 25.3 Å². The number of nitrogens with zero attached hydrogens (tertiary/aromatic N) is 1. The van der Waals surface area contributed by atoms with Crippen LogP contribution in [0.4, 0.5) is 0 Å². The van der Waals surface area contributed by atoms with Gasteiger partial charge >= 0.3 is 5.97 Å². The predicted octanol–water partition coefficient (Wildman–Crippen LogP) is 2.67. The highest BCUT2D eigenvalue weighted by Gasteiger charge is 2.36. The summed E-state index contributed by atoms with van der Waals surface area (Å²) in [4.78, 5) is 28.4. The molecule has 0 saturated carbocycles. The van der Waals surface area contributed by atoms with Gasteiger partial charge in [-0.2, -0.15) is 0 Å². The normalized spacial score (nSPS) is 21.0. The number of aromatic nitrogens is 1. The molecule has 2 atom stereocenters. The molecule has 0 spiro atoms. The lowest BCUT2D eigenvalue weighted by molar-refractivity contribution is -0.142. The Morgan fingerprint density at radius 1 is 1.30 bits per heavy atom. The summed E-state index contributed by atoms with van der Waals surface area (Å²) in [6.07, 6.45) is 4.11. The fourth-order valence-electron chi connectivity index (χ4n) is 3.42. The van der Waals surface area contributed by atoms with Crippen molar-refractivity contribution in [3.05, 3.63) is 36.0 Å². The summed E-state index contributed by atoms with van der Waals surface area (Å²) in [5, 5.41) is 10.4. The molecule has 1 saturated heterocycles. The first-order chi connectivity index (χ1) is 11.1. The molecule has 1 aliphatic heterocycles. The number of aryl methyl sites for hydroxylation is 1. The van der Waals surface area contributed by atoms with Gasteiger partial charge in [-0.1, -0.05) is 25.1 Å². The third kappa shape index (κ3) is 3.23. The minimum Gasteiger partial charge on any atom is -0.481 e. The highest BCUT2D eigenvalue weighted by molar-refractivity contribution is 5.83. The van der Waals surface area contributed by atoms with E-state index in [1.54, 1.807) is 4.90 Å². The lowest BCUT2D eigenvalue weighted by Gasteiger charge is -2.15. The van der Waals surface area contributed by atoms with E-state index in [1.165, 1.54) is 10.9 Å². The molecule has 1 fully saturated rings. The van der Waals surface area contributed by atoms with E-state index in [0.29, 0.717) is 19.5 Å². The number of benzene rings is 1. The number of hydrogen-bond donors (Lipinski definition) is 2. The Balaban J connectivity index is 1.53. The number of aliphatic carboxylic acids is 1. The van der Waals surface area contributed by atoms with Crippen molar-refractivity contribution in [1.82, 2.24) is 9.88 Å². The molecule has 2 N–H and O–H groups in total. The maximum absolute atomic E-state index is 12.3. The molecule has 1 aliphatic rings. The molecular formula is C18H22N2O3. The van der Waals surface area contributed by atoms with Gasteiger partial charge in [0.25, 0.3) is 0 Å². The lowest BCUT2D eigenvalue weighted by atomic mass is 9.99. The molecule has 122 valence electrons. The van der Waals surface area contributed by atoms with E-state index >= 15 is 0 Å². The largest absolute Gasteiger partial charge is 0.481 e. The minimum atomic E-state index is -0.799. The number of H-pyrrole nitrogens is 1. The van der Waals surface area contributed by atoms with Gasteiger partial charge in [-0.3, -0.25) is 9.59 Å². The quantitative estimate of drug-likeness (QED) is 0.891. The van der Waals surface area contributed by atoms with E-state index in [9.17, 15) is 9.59 Å². The van der Waals surface area contributed by atoms with Crippen molar-refractivity contribution in [2.75, 3.05) is 13.1 Å². The average molecular weight is 314 g/mol. The number of hydrogen-bond acceptors (Lipinski definition) is 2. The molecule has 2 heterocycles. The van der Waals surface area contributed by atoms with E-state index < -0.39 is 11.9 Å². The van der Waals surface area contributed by atoms with Crippen LogP contribution in [0, 0.1) is 11.8 Å². The first-order valence-corrected chi connectivity index (χ1v) is 8.12. The third-order valence-electron chi connectivity index (χ3n) is 4.79. The van der Waals surface area contributed by atoms with Crippen molar-refractivity contribution < 1.29 is 14.7 Å². The van der Waals surface area contributed by atoms with Crippen LogP contribution in [-0.4, -0.2) is 40.0 Å². The minimum absolute atomic E-state index is 0.0325. The van der Waals surface area contributed by atoms with Gasteiger partial charge in [-0.25, -0.2) is 0 Å². The van der Waals surface area contributed by atoms with Crippen LogP contribution >= 0.6 is 0 Å². The molecule has 5 heteroatoms. The summed E-state index contributed by atoms with van der Waals surface area (Å²) in [5.74, 6) is -1.12. The Morgan fingerprint density at radius 3 is 2.83 bits per heavy atom. The SMILES string of the molecule is C[C@@H]1CN(C(=O)CCCc2c[nH]c3ccccc23)C[C@H]1C(=O)O. The highest BCUT2D eigenvalue weighted by Crippen LogP contribution is 2.24. The Labute approximate surface area is 135 Å². The number of aromatic amines is 1. The standard InChI is InChI=1S/C18H22N2O3/c1-12-10-20(11-15(12)18(22)23)17(21)8-4-5-13-9-19-16-7-3-2-6-14(13)16/h2-3,6-7,9,12,15,19H,4-5,8,10-11H2,1H3,(H,22,23)/t12-,15-/m1/s1. The molecule has 1 aromatic heterocycles. The summed E-state index contributed by atoms with van der Waals surface area (Å²) in [7, 11) is 0. The zero-order chi connectivity index (χ0) is 16.4. The fraction of sp³-hybridized carbons (Fsp3) is 0.444. The summed E-state index contributed by atoms with van der Waals surface area (Å²) >= 11 is 0. The predicted molar refractivity (Wildman–Crippen MR) is 88.1 cm³/mol. The van der Waals surface area contributed by atoms with E-state index in [-0.39, 0.29) is 11.8 Å². The summed E-state index contributed by atoms with van der Waals surface area (Å²) in [6.45, 7) is 2.81. The zero-order valence-electron chi connectivity index (χ0n) is 13.3. The van der Waals surface area contributed by atoms with Gasteiger partial charge < -0.3 is 15.0 Å². The van der Waals surface area contributed by atoms with E-state index in [0.717, 1.165) is 18.4 Å². The van der Waals surface area contributed by atoms with Crippen LogP contribution in [0.5, 0.6) is 0 Å². The number of nitrogens with one attached hydrogen (secondary N) is 1. The zero-order valence-corrected chi connectivity index (χ0v) is 13.3. The number of rotatable bonds is 5. The molecule has 0 radical (unpaired) electrons. The number of likely N-dealkylation sites (tertiary alicyclic amines) is 1. The van der Waals surface area contributed by atoms with Crippen molar-refractivity contribution in [2.24, 2.45) is 11.8 Å². The van der Waals surface area contributed by atoms with Crippen LogP contribution in [0.15, 0.2) is 30.5 Å². The molecule has 23 heavy (non-hydrogen) atoms. The maximum Gasteiger partial charge on any atom is 0.308 e. The van der Waals surface area contributed by atoms with Gasteiger partial charge in [0.1, 0.15) is 0 Å².